The fraction of sp³-hybridized carbons (Fsp3) is 0.222. The molecule has 0 bridgehead atoms. The van der Waals surface area contributed by atoms with Gasteiger partial charge in [0.25, 0.3) is 0 Å². The summed E-state index contributed by atoms with van der Waals surface area (Å²) >= 11 is 0. The number of hydrogen-bond acceptors (Lipinski definition) is 5. The Morgan fingerprint density at radius 1 is 1.08 bits per heavy atom. The van der Waals surface area contributed by atoms with Gasteiger partial charge in [0, 0.05) is 31.3 Å². The maximum absolute atomic E-state index is 14.2. The van der Waals surface area contributed by atoms with E-state index in [1.807, 2.05) is 24.5 Å². The summed E-state index contributed by atoms with van der Waals surface area (Å²) in [5.41, 5.74) is 1.99. The number of pyridine rings is 1. The molecule has 4 aromatic rings. The highest BCUT2D eigenvalue weighted by Gasteiger charge is 2.30. The molecule has 8 heteroatoms. The summed E-state index contributed by atoms with van der Waals surface area (Å²) in [6, 6.07) is 6.73. The molecule has 1 saturated heterocycles. The van der Waals surface area contributed by atoms with Crippen LogP contribution >= 0.6 is 0 Å². The monoisotopic (exact) mass is 349 g/mol. The lowest BCUT2D eigenvalue weighted by Crippen LogP contribution is -2.25. The summed E-state index contributed by atoms with van der Waals surface area (Å²) in [6.07, 6.45) is 10.6. The van der Waals surface area contributed by atoms with Gasteiger partial charge in [-0.1, -0.05) is 0 Å². The molecule has 0 radical (unpaired) electrons. The molecule has 5 rings (SSSR count). The molecule has 1 aliphatic heterocycles. The maximum Gasteiger partial charge on any atom is 0.183 e. The number of fused-ring (bicyclic) bond motifs is 1. The first kappa shape index (κ1) is 15.0. The van der Waals surface area contributed by atoms with E-state index in [0.29, 0.717) is 11.3 Å². The Kier molecular flexibility index (Phi) is 3.41. The molecule has 1 fully saturated rings. The Morgan fingerprint density at radius 3 is 2.88 bits per heavy atom. The summed E-state index contributed by atoms with van der Waals surface area (Å²) in [5, 5.41) is 8.60. The van der Waals surface area contributed by atoms with Gasteiger partial charge in [0.1, 0.15) is 17.3 Å². The highest BCUT2D eigenvalue weighted by molar-refractivity contribution is 5.61. The van der Waals surface area contributed by atoms with Crippen molar-refractivity contribution in [3.63, 3.8) is 0 Å². The van der Waals surface area contributed by atoms with Gasteiger partial charge in [-0.3, -0.25) is 4.98 Å². The van der Waals surface area contributed by atoms with Crippen molar-refractivity contribution >= 4 is 11.5 Å². The summed E-state index contributed by atoms with van der Waals surface area (Å²) in [6.45, 7) is 0.815. The van der Waals surface area contributed by atoms with Gasteiger partial charge >= 0.3 is 0 Å². The van der Waals surface area contributed by atoms with Crippen LogP contribution in [0.5, 0.6) is 0 Å². The van der Waals surface area contributed by atoms with E-state index < -0.39 is 0 Å². The number of aromatic nitrogens is 6. The Labute approximate surface area is 148 Å². The Balaban J connectivity index is 1.58. The van der Waals surface area contributed by atoms with Crippen LogP contribution < -0.4 is 4.90 Å². The van der Waals surface area contributed by atoms with Crippen LogP contribution in [-0.2, 0) is 0 Å². The summed E-state index contributed by atoms with van der Waals surface area (Å²) in [5.74, 6) is 0.519. The van der Waals surface area contributed by atoms with Crippen molar-refractivity contribution in [3.05, 3.63) is 66.8 Å². The molecule has 26 heavy (non-hydrogen) atoms. The molecule has 0 aromatic carbocycles. The number of anilines is 1. The van der Waals surface area contributed by atoms with Crippen molar-refractivity contribution in [2.45, 2.75) is 18.9 Å². The van der Waals surface area contributed by atoms with E-state index in [1.165, 1.54) is 6.07 Å². The summed E-state index contributed by atoms with van der Waals surface area (Å²) < 4.78 is 17.7. The molecule has 1 unspecified atom stereocenters. The number of halogens is 1. The second kappa shape index (κ2) is 5.91. The number of nitrogens with zero attached hydrogens (tertiary/aromatic N) is 7. The fourth-order valence-corrected chi connectivity index (χ4v) is 3.55. The van der Waals surface area contributed by atoms with Gasteiger partial charge in [-0.2, -0.15) is 10.2 Å². The second-order valence-electron chi connectivity index (χ2n) is 6.26. The first-order valence-electron chi connectivity index (χ1n) is 8.53. The topological polar surface area (TPSA) is 64.1 Å². The highest BCUT2D eigenvalue weighted by Crippen LogP contribution is 2.35. The van der Waals surface area contributed by atoms with Crippen LogP contribution in [0.3, 0.4) is 0 Å². The molecule has 0 N–H and O–H groups in total. The second-order valence-corrected chi connectivity index (χ2v) is 6.26. The van der Waals surface area contributed by atoms with Gasteiger partial charge in [-0.05, 0) is 37.1 Å². The third kappa shape index (κ3) is 2.33. The van der Waals surface area contributed by atoms with Gasteiger partial charge in [0.15, 0.2) is 5.65 Å². The van der Waals surface area contributed by atoms with Crippen LogP contribution in [0.2, 0.25) is 0 Å². The predicted molar refractivity (Wildman–Crippen MR) is 93.6 cm³/mol. The zero-order valence-corrected chi connectivity index (χ0v) is 13.9. The molecule has 0 spiro atoms. The van der Waals surface area contributed by atoms with Crippen LogP contribution in [0.4, 0.5) is 10.2 Å². The summed E-state index contributed by atoms with van der Waals surface area (Å²) in [7, 11) is 0. The van der Waals surface area contributed by atoms with Crippen molar-refractivity contribution in [2.75, 3.05) is 11.4 Å². The molecule has 4 aromatic heterocycles. The quantitative estimate of drug-likeness (QED) is 0.569. The Hall–Kier alpha value is -3.29. The molecular formula is C18H16FN7. The lowest BCUT2D eigenvalue weighted by Gasteiger charge is -2.25. The van der Waals surface area contributed by atoms with E-state index >= 15 is 0 Å². The van der Waals surface area contributed by atoms with Gasteiger partial charge in [0.05, 0.1) is 17.9 Å². The van der Waals surface area contributed by atoms with E-state index in [-0.39, 0.29) is 11.9 Å². The van der Waals surface area contributed by atoms with E-state index in [0.717, 1.165) is 30.9 Å². The highest BCUT2D eigenvalue weighted by atomic mass is 19.1. The van der Waals surface area contributed by atoms with Crippen molar-refractivity contribution in [1.82, 2.24) is 29.4 Å². The maximum atomic E-state index is 14.2. The van der Waals surface area contributed by atoms with Gasteiger partial charge in [-0.15, -0.1) is 0 Å². The van der Waals surface area contributed by atoms with E-state index in [2.05, 4.69) is 20.1 Å². The lowest BCUT2D eigenvalue weighted by atomic mass is 10.1. The van der Waals surface area contributed by atoms with Crippen LogP contribution in [0, 0.1) is 5.82 Å². The minimum absolute atomic E-state index is 0.109. The Bertz CT molecular complexity index is 1060. The third-order valence-corrected chi connectivity index (χ3v) is 4.74. The lowest BCUT2D eigenvalue weighted by molar-refractivity contribution is 0.562. The predicted octanol–water partition coefficient (Wildman–Crippen LogP) is 2.79. The molecule has 7 nitrogen and oxygen atoms in total. The average molecular weight is 349 g/mol. The van der Waals surface area contributed by atoms with Crippen molar-refractivity contribution in [3.8, 4) is 5.69 Å². The molecule has 1 atom stereocenters. The van der Waals surface area contributed by atoms with Gasteiger partial charge < -0.3 is 4.90 Å². The molecule has 0 saturated carbocycles. The standard InChI is InChI=1S/C18H16FN7/c19-13-4-1-7-20-17(13)14-5-2-9-24(14)16-6-11-26-18(23-16)15(12-22-26)25-10-3-8-21-25/h1,3-4,6-8,10-12,14H,2,5,9H2. The van der Waals surface area contributed by atoms with Crippen LogP contribution in [0.1, 0.15) is 24.6 Å². The van der Waals surface area contributed by atoms with Crippen LogP contribution in [0.25, 0.3) is 11.3 Å². The normalized spacial score (nSPS) is 17.3. The van der Waals surface area contributed by atoms with Crippen LogP contribution in [0.15, 0.2) is 55.2 Å². The molecule has 5 heterocycles. The SMILES string of the molecule is Fc1cccnc1C1CCCN1c1ccn2ncc(-n3cccn3)c2n1. The van der Waals surface area contributed by atoms with E-state index in [1.54, 1.807) is 33.9 Å². The molecule has 0 amide bonds. The minimum Gasteiger partial charge on any atom is -0.348 e. The smallest absolute Gasteiger partial charge is 0.183 e. The average Bonchev–Trinajstić information content (AvgIpc) is 3.41. The van der Waals surface area contributed by atoms with Crippen molar-refractivity contribution in [1.29, 1.82) is 0 Å². The molecule has 0 aliphatic carbocycles. The van der Waals surface area contributed by atoms with E-state index in [9.17, 15) is 4.39 Å². The number of hydrogen-bond donors (Lipinski definition) is 0. The summed E-state index contributed by atoms with van der Waals surface area (Å²) in [4.78, 5) is 11.2. The van der Waals surface area contributed by atoms with Gasteiger partial charge in [-0.25, -0.2) is 18.6 Å². The van der Waals surface area contributed by atoms with Crippen molar-refractivity contribution in [2.24, 2.45) is 0 Å². The van der Waals surface area contributed by atoms with Gasteiger partial charge in [0.2, 0.25) is 0 Å². The first-order chi connectivity index (χ1) is 12.8. The number of rotatable bonds is 3. The molecular weight excluding hydrogens is 333 g/mol. The zero-order chi connectivity index (χ0) is 17.5. The minimum atomic E-state index is -0.271. The van der Waals surface area contributed by atoms with Crippen LogP contribution in [-0.4, -0.2) is 35.9 Å². The largest absolute Gasteiger partial charge is 0.348 e. The third-order valence-electron chi connectivity index (χ3n) is 4.74. The zero-order valence-electron chi connectivity index (χ0n) is 13.9. The fourth-order valence-electron chi connectivity index (χ4n) is 3.55. The van der Waals surface area contributed by atoms with E-state index in [4.69, 9.17) is 4.98 Å². The van der Waals surface area contributed by atoms with Crippen molar-refractivity contribution < 1.29 is 4.39 Å². The Morgan fingerprint density at radius 2 is 2.04 bits per heavy atom. The first-order valence-corrected chi connectivity index (χ1v) is 8.53. The molecule has 130 valence electrons. The molecule has 1 aliphatic rings.